The standard InChI is InChI=1S/C26H48N4O5S2/c1-17(2)35-25(31)28-21-11-9-20(10-12-21)24-29-22(15-18(3)37(32,33)30-26(5,6)7)19(4)23(16-36-24)34-14-13-27-8/h17,19-23,27,30H,3,9-16H2,1-2,4-8H3,(H,28,31)/t19-,20?,21?,22+,23?/m0/s1. The molecule has 9 nitrogen and oxygen atoms in total. The summed E-state index contributed by atoms with van der Waals surface area (Å²) < 4.78 is 40.0. The Morgan fingerprint density at radius 1 is 1.22 bits per heavy atom. The van der Waals surface area contributed by atoms with E-state index in [2.05, 4.69) is 28.9 Å². The summed E-state index contributed by atoms with van der Waals surface area (Å²) in [6, 6.07) is -0.148. The molecule has 214 valence electrons. The first-order chi connectivity index (χ1) is 17.2. The van der Waals surface area contributed by atoms with Gasteiger partial charge in [0, 0.05) is 42.1 Å². The summed E-state index contributed by atoms with van der Waals surface area (Å²) >= 11 is 1.73. The number of nitrogens with zero attached hydrogens (tertiary/aromatic N) is 1. The number of likely N-dealkylation sites (N-methyl/N-ethyl adjacent to an activating group) is 1. The first kappa shape index (κ1) is 32.1. The molecule has 0 spiro atoms. The van der Waals surface area contributed by atoms with Crippen molar-refractivity contribution >= 4 is 32.9 Å². The largest absolute Gasteiger partial charge is 0.447 e. The van der Waals surface area contributed by atoms with Crippen molar-refractivity contribution in [3.8, 4) is 0 Å². The molecule has 1 amide bonds. The van der Waals surface area contributed by atoms with Crippen LogP contribution in [0.1, 0.15) is 73.6 Å². The van der Waals surface area contributed by atoms with E-state index in [-0.39, 0.29) is 53.5 Å². The summed E-state index contributed by atoms with van der Waals surface area (Å²) in [4.78, 5) is 17.3. The highest BCUT2D eigenvalue weighted by molar-refractivity contribution is 8.14. The van der Waals surface area contributed by atoms with E-state index < -0.39 is 15.6 Å². The molecule has 1 heterocycles. The average Bonchev–Trinajstić information content (AvgIpc) is 2.92. The normalized spacial score (nSPS) is 27.4. The number of carbonyl (C=O) groups excluding carboxylic acids is 1. The van der Waals surface area contributed by atoms with Crippen LogP contribution in [-0.4, -0.2) is 75.3 Å². The molecule has 0 saturated heterocycles. The summed E-state index contributed by atoms with van der Waals surface area (Å²) in [5.74, 6) is 1.10. The Morgan fingerprint density at radius 2 is 1.86 bits per heavy atom. The van der Waals surface area contributed by atoms with Crippen molar-refractivity contribution in [2.45, 2.75) is 103 Å². The fourth-order valence-electron chi connectivity index (χ4n) is 4.57. The topological polar surface area (TPSA) is 118 Å². The number of alkyl carbamates (subject to hydrolysis) is 1. The molecule has 3 atom stereocenters. The number of thioether (sulfide) groups is 1. The molecule has 0 aromatic rings. The molecular formula is C26H48N4O5S2. The fourth-order valence-corrected chi connectivity index (χ4v) is 7.33. The second-order valence-corrected chi connectivity index (χ2v) is 14.3. The van der Waals surface area contributed by atoms with Crippen molar-refractivity contribution in [3.63, 3.8) is 0 Å². The Bertz CT molecular complexity index is 893. The fraction of sp³-hybridized carbons (Fsp3) is 0.846. The van der Waals surface area contributed by atoms with Crippen LogP contribution in [0.3, 0.4) is 0 Å². The summed E-state index contributed by atoms with van der Waals surface area (Å²) in [5, 5.41) is 7.15. The van der Waals surface area contributed by atoms with Crippen LogP contribution in [0.15, 0.2) is 16.5 Å². The summed E-state index contributed by atoms with van der Waals surface area (Å²) in [6.07, 6.45) is 3.24. The van der Waals surface area contributed by atoms with Gasteiger partial charge in [0.25, 0.3) is 0 Å². The van der Waals surface area contributed by atoms with Crippen LogP contribution in [0.25, 0.3) is 0 Å². The number of amides is 1. The molecule has 1 fully saturated rings. The van der Waals surface area contributed by atoms with Crippen molar-refractivity contribution in [1.29, 1.82) is 0 Å². The summed E-state index contributed by atoms with van der Waals surface area (Å²) in [6.45, 7) is 16.5. The Labute approximate surface area is 228 Å². The van der Waals surface area contributed by atoms with Crippen LogP contribution >= 0.6 is 11.8 Å². The minimum atomic E-state index is -3.68. The molecule has 0 bridgehead atoms. The van der Waals surface area contributed by atoms with Gasteiger partial charge in [-0.3, -0.25) is 4.99 Å². The smallest absolute Gasteiger partial charge is 0.407 e. The number of carbonyl (C=O) groups is 1. The highest BCUT2D eigenvalue weighted by atomic mass is 32.2. The second-order valence-electron chi connectivity index (χ2n) is 11.5. The number of hydrogen-bond donors (Lipinski definition) is 3. The van der Waals surface area contributed by atoms with Gasteiger partial charge in [0.1, 0.15) is 0 Å². The van der Waals surface area contributed by atoms with Gasteiger partial charge in [-0.05, 0) is 67.3 Å². The van der Waals surface area contributed by atoms with Crippen molar-refractivity contribution in [2.75, 3.05) is 26.0 Å². The van der Waals surface area contributed by atoms with Gasteiger partial charge in [0.2, 0.25) is 10.0 Å². The number of sulfonamides is 1. The maximum absolute atomic E-state index is 12.9. The SMILES string of the molecule is C=C(C[C@H]1N=C(C2CCC(NC(=O)OC(C)C)CC2)SCC(OCCNC)[C@H]1C)S(=O)(=O)NC(C)(C)C. The van der Waals surface area contributed by atoms with E-state index in [9.17, 15) is 13.2 Å². The molecule has 37 heavy (non-hydrogen) atoms. The van der Waals surface area contributed by atoms with Crippen molar-refractivity contribution in [3.05, 3.63) is 11.5 Å². The predicted molar refractivity (Wildman–Crippen MR) is 153 cm³/mol. The molecular weight excluding hydrogens is 512 g/mol. The molecule has 1 aliphatic carbocycles. The van der Waals surface area contributed by atoms with Gasteiger partial charge >= 0.3 is 6.09 Å². The van der Waals surface area contributed by atoms with E-state index in [0.29, 0.717) is 6.61 Å². The van der Waals surface area contributed by atoms with Crippen molar-refractivity contribution in [1.82, 2.24) is 15.4 Å². The molecule has 2 rings (SSSR count). The number of rotatable bonds is 11. The maximum atomic E-state index is 12.9. The lowest BCUT2D eigenvalue weighted by Gasteiger charge is -2.30. The van der Waals surface area contributed by atoms with Gasteiger partial charge < -0.3 is 20.1 Å². The van der Waals surface area contributed by atoms with Crippen LogP contribution in [0.5, 0.6) is 0 Å². The van der Waals surface area contributed by atoms with Gasteiger partial charge in [0.05, 0.1) is 34.8 Å². The lowest BCUT2D eigenvalue weighted by Crippen LogP contribution is -2.42. The van der Waals surface area contributed by atoms with E-state index >= 15 is 0 Å². The van der Waals surface area contributed by atoms with Crippen LogP contribution < -0.4 is 15.4 Å². The Kier molecular flexibility index (Phi) is 12.4. The maximum Gasteiger partial charge on any atom is 0.407 e. The van der Waals surface area contributed by atoms with E-state index in [1.165, 1.54) is 0 Å². The molecule has 3 N–H and O–H groups in total. The molecule has 1 unspecified atom stereocenters. The lowest BCUT2D eigenvalue weighted by atomic mass is 9.86. The van der Waals surface area contributed by atoms with Crippen molar-refractivity contribution < 1.29 is 22.7 Å². The molecule has 0 aromatic heterocycles. The molecule has 2 aliphatic rings. The van der Waals surface area contributed by atoms with Crippen LogP contribution in [0.4, 0.5) is 4.79 Å². The van der Waals surface area contributed by atoms with Gasteiger partial charge in [-0.1, -0.05) is 13.5 Å². The van der Waals surface area contributed by atoms with Gasteiger partial charge in [-0.25, -0.2) is 17.9 Å². The molecule has 1 saturated carbocycles. The minimum Gasteiger partial charge on any atom is -0.447 e. The van der Waals surface area contributed by atoms with Gasteiger partial charge in [0.15, 0.2) is 0 Å². The first-order valence-corrected chi connectivity index (χ1v) is 15.8. The first-order valence-electron chi connectivity index (χ1n) is 13.4. The molecule has 1 aliphatic heterocycles. The summed E-state index contributed by atoms with van der Waals surface area (Å²) in [7, 11) is -1.79. The Balaban J connectivity index is 2.14. The van der Waals surface area contributed by atoms with E-state index in [1.807, 2.05) is 41.7 Å². The Morgan fingerprint density at radius 3 is 2.43 bits per heavy atom. The van der Waals surface area contributed by atoms with E-state index in [0.717, 1.165) is 43.0 Å². The molecule has 0 radical (unpaired) electrons. The monoisotopic (exact) mass is 560 g/mol. The third-order valence-corrected chi connectivity index (χ3v) is 9.60. The van der Waals surface area contributed by atoms with Crippen LogP contribution in [0, 0.1) is 11.8 Å². The number of hydrogen-bond acceptors (Lipinski definition) is 8. The third kappa shape index (κ3) is 10.9. The third-order valence-electron chi connectivity index (χ3n) is 6.56. The second kappa shape index (κ2) is 14.3. The molecule has 0 aromatic carbocycles. The van der Waals surface area contributed by atoms with Crippen molar-refractivity contribution in [2.24, 2.45) is 16.8 Å². The van der Waals surface area contributed by atoms with Crippen LogP contribution in [-0.2, 0) is 19.5 Å². The highest BCUT2D eigenvalue weighted by Gasteiger charge is 2.36. The van der Waals surface area contributed by atoms with Gasteiger partial charge in [-0.15, -0.1) is 11.8 Å². The zero-order valence-electron chi connectivity index (χ0n) is 23.6. The zero-order valence-corrected chi connectivity index (χ0v) is 25.3. The number of ether oxygens (including phenoxy) is 2. The minimum absolute atomic E-state index is 0.0345. The lowest BCUT2D eigenvalue weighted by molar-refractivity contribution is 0.0293. The highest BCUT2D eigenvalue weighted by Crippen LogP contribution is 2.36. The van der Waals surface area contributed by atoms with Crippen LogP contribution in [0.2, 0.25) is 0 Å². The average molecular weight is 561 g/mol. The predicted octanol–water partition coefficient (Wildman–Crippen LogP) is 4.06. The zero-order chi connectivity index (χ0) is 27.8. The number of aliphatic imine (C=N–C) groups is 1. The van der Waals surface area contributed by atoms with Gasteiger partial charge in [-0.2, -0.15) is 0 Å². The van der Waals surface area contributed by atoms with E-state index in [1.54, 1.807) is 11.8 Å². The molecule has 11 heteroatoms. The summed E-state index contributed by atoms with van der Waals surface area (Å²) in [5.41, 5.74) is -0.589. The Hall–Kier alpha value is -1.14. The number of nitrogens with one attached hydrogen (secondary N) is 3. The van der Waals surface area contributed by atoms with E-state index in [4.69, 9.17) is 14.5 Å². The quantitative estimate of drug-likeness (QED) is 0.326.